The van der Waals surface area contributed by atoms with E-state index in [-0.39, 0.29) is 17.4 Å². The number of rotatable bonds is 7. The number of hydrogen-bond acceptors (Lipinski definition) is 6. The number of aromatic nitrogens is 2. The number of benzene rings is 1. The Balaban J connectivity index is 1.63. The van der Waals surface area contributed by atoms with Crippen LogP contribution in [0.3, 0.4) is 0 Å². The highest BCUT2D eigenvalue weighted by Crippen LogP contribution is 2.37. The van der Waals surface area contributed by atoms with Crippen LogP contribution in [-0.4, -0.2) is 41.7 Å². The third kappa shape index (κ3) is 4.43. The number of anilines is 1. The summed E-state index contributed by atoms with van der Waals surface area (Å²) >= 11 is 1.43. The zero-order chi connectivity index (χ0) is 21.8. The van der Waals surface area contributed by atoms with Crippen LogP contribution < -0.4 is 10.6 Å². The number of carbonyl (C=O) groups is 1. The Hall–Kier alpha value is -2.51. The molecule has 1 unspecified atom stereocenters. The summed E-state index contributed by atoms with van der Waals surface area (Å²) < 4.78 is 5.66. The molecule has 1 fully saturated rings. The van der Waals surface area contributed by atoms with Gasteiger partial charge >= 0.3 is 0 Å². The first-order valence-corrected chi connectivity index (χ1v) is 11.8. The summed E-state index contributed by atoms with van der Waals surface area (Å²) in [6, 6.07) is 10.8. The zero-order valence-corrected chi connectivity index (χ0v) is 19.2. The summed E-state index contributed by atoms with van der Waals surface area (Å²) in [4.78, 5) is 23.3. The molecule has 1 saturated heterocycles. The van der Waals surface area contributed by atoms with Gasteiger partial charge in [-0.15, -0.1) is 11.3 Å². The summed E-state index contributed by atoms with van der Waals surface area (Å²) in [5.74, 6) is 0.758. The minimum atomic E-state index is -0.0361. The Morgan fingerprint density at radius 2 is 1.97 bits per heavy atom. The van der Waals surface area contributed by atoms with E-state index in [2.05, 4.69) is 57.9 Å². The fourth-order valence-electron chi connectivity index (χ4n) is 4.19. The molecule has 1 aliphatic rings. The fraction of sp³-hybridized carbons (Fsp3) is 0.458. The van der Waals surface area contributed by atoms with Crippen molar-refractivity contribution < 1.29 is 9.53 Å². The number of fused-ring (bicyclic) bond motifs is 1. The smallest absolute Gasteiger partial charge is 0.261 e. The Kier molecular flexibility index (Phi) is 6.53. The second kappa shape index (κ2) is 9.32. The van der Waals surface area contributed by atoms with Gasteiger partial charge < -0.3 is 15.4 Å². The van der Waals surface area contributed by atoms with E-state index in [4.69, 9.17) is 4.74 Å². The van der Waals surface area contributed by atoms with E-state index in [1.54, 1.807) is 6.33 Å². The van der Waals surface area contributed by atoms with Gasteiger partial charge in [-0.2, -0.15) is 0 Å². The Bertz CT molecular complexity index is 1040. The van der Waals surface area contributed by atoms with Gasteiger partial charge in [0.05, 0.1) is 10.3 Å². The van der Waals surface area contributed by atoms with Gasteiger partial charge in [-0.3, -0.25) is 4.79 Å². The van der Waals surface area contributed by atoms with E-state index >= 15 is 0 Å². The molecule has 6 nitrogen and oxygen atoms in total. The minimum Gasteiger partial charge on any atom is -0.381 e. The molecule has 2 N–H and O–H groups in total. The predicted octanol–water partition coefficient (Wildman–Crippen LogP) is 4.69. The summed E-state index contributed by atoms with van der Waals surface area (Å²) in [7, 11) is 0. The Labute approximate surface area is 187 Å². The molecule has 0 spiro atoms. The van der Waals surface area contributed by atoms with Crippen LogP contribution in [0.5, 0.6) is 0 Å². The van der Waals surface area contributed by atoms with E-state index in [0.717, 1.165) is 60.6 Å². The quantitative estimate of drug-likeness (QED) is 0.560. The van der Waals surface area contributed by atoms with Gasteiger partial charge in [-0.05, 0) is 44.2 Å². The van der Waals surface area contributed by atoms with Crippen molar-refractivity contribution in [1.29, 1.82) is 0 Å². The van der Waals surface area contributed by atoms with Gasteiger partial charge in [0.1, 0.15) is 17.0 Å². The molecule has 1 aliphatic heterocycles. The van der Waals surface area contributed by atoms with Crippen molar-refractivity contribution in [3.05, 3.63) is 52.7 Å². The predicted molar refractivity (Wildman–Crippen MR) is 126 cm³/mol. The maximum atomic E-state index is 12.8. The highest BCUT2D eigenvalue weighted by atomic mass is 32.1. The molecule has 31 heavy (non-hydrogen) atoms. The molecule has 4 rings (SSSR count). The topological polar surface area (TPSA) is 76.1 Å². The molecular weight excluding hydrogens is 408 g/mol. The zero-order valence-electron chi connectivity index (χ0n) is 18.4. The first-order valence-electron chi connectivity index (χ1n) is 11.0. The average molecular weight is 439 g/mol. The maximum absolute atomic E-state index is 12.8. The molecule has 164 valence electrons. The molecule has 0 saturated carbocycles. The molecule has 0 radical (unpaired) electrons. The first kappa shape index (κ1) is 21.7. The normalized spacial score (nSPS) is 16.7. The standard InChI is InChI=1S/C24H30N4O2S/c1-4-16(2)28-22(29)20-17(3)19-21(26-15-27-23(19)31-20)25-14-24(10-12-30-13-11-24)18-8-6-5-7-9-18/h5-9,15-16H,4,10-14H2,1-3H3,(H,28,29)(H,25,26,27). The molecule has 1 amide bonds. The van der Waals surface area contributed by atoms with Gasteiger partial charge in [0.25, 0.3) is 5.91 Å². The lowest BCUT2D eigenvalue weighted by Crippen LogP contribution is -2.40. The fourth-order valence-corrected chi connectivity index (χ4v) is 5.24. The van der Waals surface area contributed by atoms with Crippen molar-refractivity contribution in [3.63, 3.8) is 0 Å². The summed E-state index contributed by atoms with van der Waals surface area (Å²) in [5, 5.41) is 7.62. The van der Waals surface area contributed by atoms with Crippen molar-refractivity contribution in [1.82, 2.24) is 15.3 Å². The number of nitrogens with zero attached hydrogens (tertiary/aromatic N) is 2. The highest BCUT2D eigenvalue weighted by Gasteiger charge is 2.34. The molecule has 7 heteroatoms. The molecule has 2 aromatic heterocycles. The molecular formula is C24H30N4O2S. The van der Waals surface area contributed by atoms with Crippen LogP contribution in [0.1, 0.15) is 53.9 Å². The minimum absolute atomic E-state index is 0.00251. The number of aryl methyl sites for hydroxylation is 1. The van der Waals surface area contributed by atoms with E-state index < -0.39 is 0 Å². The van der Waals surface area contributed by atoms with Crippen LogP contribution in [0.2, 0.25) is 0 Å². The van der Waals surface area contributed by atoms with E-state index in [9.17, 15) is 4.79 Å². The Morgan fingerprint density at radius 1 is 1.23 bits per heavy atom. The number of thiophene rings is 1. The first-order chi connectivity index (χ1) is 15.0. The van der Waals surface area contributed by atoms with Gasteiger partial charge in [-0.25, -0.2) is 9.97 Å². The number of carbonyl (C=O) groups excluding carboxylic acids is 1. The largest absolute Gasteiger partial charge is 0.381 e. The number of nitrogens with one attached hydrogen (secondary N) is 2. The van der Waals surface area contributed by atoms with Crippen molar-refractivity contribution in [2.75, 3.05) is 25.1 Å². The monoisotopic (exact) mass is 438 g/mol. The van der Waals surface area contributed by atoms with Crippen LogP contribution >= 0.6 is 11.3 Å². The molecule has 1 aromatic carbocycles. The third-order valence-electron chi connectivity index (χ3n) is 6.35. The number of amides is 1. The van der Waals surface area contributed by atoms with E-state index in [0.29, 0.717) is 4.88 Å². The SMILES string of the molecule is CCC(C)NC(=O)c1sc2ncnc(NCC3(c4ccccc4)CCOCC3)c2c1C. The average Bonchev–Trinajstić information content (AvgIpc) is 3.16. The molecule has 3 heterocycles. The summed E-state index contributed by atoms with van der Waals surface area (Å²) in [6.45, 7) is 8.34. The second-order valence-corrected chi connectivity index (χ2v) is 9.35. The van der Waals surface area contributed by atoms with Gasteiger partial charge in [-0.1, -0.05) is 37.3 Å². The second-order valence-electron chi connectivity index (χ2n) is 8.35. The van der Waals surface area contributed by atoms with Crippen LogP contribution in [0.4, 0.5) is 5.82 Å². The Morgan fingerprint density at radius 3 is 2.68 bits per heavy atom. The number of hydrogen-bond donors (Lipinski definition) is 2. The van der Waals surface area contributed by atoms with Crippen LogP contribution in [-0.2, 0) is 10.2 Å². The van der Waals surface area contributed by atoms with E-state index in [1.165, 1.54) is 16.9 Å². The van der Waals surface area contributed by atoms with Crippen LogP contribution in [0.25, 0.3) is 10.2 Å². The van der Waals surface area contributed by atoms with Gasteiger partial charge in [0, 0.05) is 31.2 Å². The van der Waals surface area contributed by atoms with E-state index in [1.807, 2.05) is 13.8 Å². The van der Waals surface area contributed by atoms with Crippen molar-refractivity contribution in [2.45, 2.75) is 51.5 Å². The van der Waals surface area contributed by atoms with Crippen molar-refractivity contribution in [2.24, 2.45) is 0 Å². The maximum Gasteiger partial charge on any atom is 0.261 e. The molecule has 1 atom stereocenters. The summed E-state index contributed by atoms with van der Waals surface area (Å²) in [6.07, 6.45) is 4.40. The lowest BCUT2D eigenvalue weighted by molar-refractivity contribution is 0.0544. The van der Waals surface area contributed by atoms with Crippen molar-refractivity contribution in [3.8, 4) is 0 Å². The molecule has 0 aliphatic carbocycles. The lowest BCUT2D eigenvalue weighted by atomic mass is 9.74. The van der Waals surface area contributed by atoms with Gasteiger partial charge in [0.15, 0.2) is 0 Å². The third-order valence-corrected chi connectivity index (χ3v) is 7.55. The highest BCUT2D eigenvalue weighted by molar-refractivity contribution is 7.20. The van der Waals surface area contributed by atoms with Crippen LogP contribution in [0.15, 0.2) is 36.7 Å². The molecule has 3 aromatic rings. The summed E-state index contributed by atoms with van der Waals surface area (Å²) in [5.41, 5.74) is 2.26. The van der Waals surface area contributed by atoms with Gasteiger partial charge in [0.2, 0.25) is 0 Å². The molecule has 0 bridgehead atoms. The lowest BCUT2D eigenvalue weighted by Gasteiger charge is -2.38. The van der Waals surface area contributed by atoms with Crippen LogP contribution in [0, 0.1) is 6.92 Å². The number of ether oxygens (including phenoxy) is 1. The van der Waals surface area contributed by atoms with Crippen molar-refractivity contribution >= 4 is 33.3 Å².